The van der Waals surface area contributed by atoms with Crippen LogP contribution in [-0.4, -0.2) is 40.8 Å². The summed E-state index contributed by atoms with van der Waals surface area (Å²) in [6.45, 7) is 7.63. The normalized spacial score (nSPS) is 19.8. The van der Waals surface area contributed by atoms with E-state index in [4.69, 9.17) is 9.47 Å². The number of ether oxygens (including phenoxy) is 2. The highest BCUT2D eigenvalue weighted by molar-refractivity contribution is 8.03. The zero-order chi connectivity index (χ0) is 24.8. The molecule has 2 rings (SSSR count). The molecular formula is C27H43NO5S. The predicted molar refractivity (Wildman–Crippen MR) is 137 cm³/mol. The van der Waals surface area contributed by atoms with Crippen LogP contribution in [0.3, 0.4) is 0 Å². The number of hydrogen-bond donors (Lipinski definition) is 0. The van der Waals surface area contributed by atoms with Crippen molar-refractivity contribution in [3.8, 4) is 0 Å². The van der Waals surface area contributed by atoms with E-state index in [1.807, 2.05) is 0 Å². The Morgan fingerprint density at radius 2 is 1.59 bits per heavy atom. The molecule has 0 saturated carbocycles. The molecule has 192 valence electrons. The third-order valence-electron chi connectivity index (χ3n) is 6.51. The zero-order valence-corrected chi connectivity index (χ0v) is 21.9. The average Bonchev–Trinajstić information content (AvgIpc) is 3.19. The van der Waals surface area contributed by atoms with Gasteiger partial charge in [-0.25, -0.2) is 4.79 Å². The van der Waals surface area contributed by atoms with E-state index in [2.05, 4.69) is 13.5 Å². The van der Waals surface area contributed by atoms with E-state index < -0.39 is 18.0 Å². The second-order valence-corrected chi connectivity index (χ2v) is 10.3. The average molecular weight is 494 g/mol. The lowest BCUT2D eigenvalue weighted by Crippen LogP contribution is -2.61. The summed E-state index contributed by atoms with van der Waals surface area (Å²) in [6.07, 6.45) is 17.8. The molecule has 0 aromatic heterocycles. The van der Waals surface area contributed by atoms with Crippen molar-refractivity contribution in [1.29, 1.82) is 0 Å². The van der Waals surface area contributed by atoms with Gasteiger partial charge in [-0.05, 0) is 13.3 Å². The second-order valence-electron chi connectivity index (χ2n) is 9.34. The van der Waals surface area contributed by atoms with Gasteiger partial charge in [0, 0.05) is 11.8 Å². The maximum atomic E-state index is 12.6. The molecule has 2 aliphatic heterocycles. The fourth-order valence-corrected chi connectivity index (χ4v) is 5.82. The Bertz CT molecular complexity index is 707. The fraction of sp³-hybridized carbons (Fsp3) is 0.741. The van der Waals surface area contributed by atoms with E-state index in [9.17, 15) is 14.4 Å². The summed E-state index contributed by atoms with van der Waals surface area (Å²) in [7, 11) is 0. The number of unbranched alkanes of at least 4 members (excludes halogenated alkanes) is 12. The van der Waals surface area contributed by atoms with Gasteiger partial charge < -0.3 is 9.47 Å². The van der Waals surface area contributed by atoms with Crippen molar-refractivity contribution in [2.24, 2.45) is 5.92 Å². The van der Waals surface area contributed by atoms with Crippen LogP contribution in [0.25, 0.3) is 0 Å². The maximum Gasteiger partial charge on any atom is 0.355 e. The van der Waals surface area contributed by atoms with Gasteiger partial charge in [-0.3, -0.25) is 14.5 Å². The summed E-state index contributed by atoms with van der Waals surface area (Å²) in [5.41, 5.74) is 0.253. The number of thioether (sulfide) groups is 1. The highest BCUT2D eigenvalue weighted by Gasteiger charge is 2.56. The van der Waals surface area contributed by atoms with Crippen LogP contribution in [0.2, 0.25) is 0 Å². The molecule has 1 fully saturated rings. The first-order chi connectivity index (χ1) is 16.5. The largest absolute Gasteiger partial charge is 0.462 e. The molecule has 0 aromatic carbocycles. The second kappa shape index (κ2) is 16.0. The first kappa shape index (κ1) is 28.5. The minimum Gasteiger partial charge on any atom is -0.462 e. The highest BCUT2D eigenvalue weighted by atomic mass is 32.2. The fourth-order valence-electron chi connectivity index (χ4n) is 4.49. The molecule has 0 bridgehead atoms. The number of esters is 2. The van der Waals surface area contributed by atoms with Crippen LogP contribution in [0.15, 0.2) is 23.8 Å². The lowest BCUT2D eigenvalue weighted by Gasteiger charge is -2.44. The highest BCUT2D eigenvalue weighted by Crippen LogP contribution is 2.46. The Morgan fingerprint density at radius 3 is 2.15 bits per heavy atom. The molecule has 2 aliphatic rings. The van der Waals surface area contributed by atoms with E-state index in [1.165, 1.54) is 86.9 Å². The first-order valence-electron chi connectivity index (χ1n) is 13.2. The van der Waals surface area contributed by atoms with Gasteiger partial charge in [-0.1, -0.05) is 96.6 Å². The lowest BCUT2D eigenvalue weighted by molar-refractivity contribution is -0.167. The molecule has 0 aliphatic carbocycles. The van der Waals surface area contributed by atoms with Gasteiger partial charge in [-0.2, -0.15) is 0 Å². The summed E-state index contributed by atoms with van der Waals surface area (Å²) >= 11 is 1.39. The molecule has 0 radical (unpaired) electrons. The Kier molecular flexibility index (Phi) is 13.4. The zero-order valence-electron chi connectivity index (χ0n) is 21.1. The van der Waals surface area contributed by atoms with Crippen LogP contribution in [0.4, 0.5) is 0 Å². The number of amides is 1. The third kappa shape index (κ3) is 8.79. The van der Waals surface area contributed by atoms with Crippen LogP contribution in [0.1, 0.15) is 104 Å². The molecule has 3 atom stereocenters. The standard InChI is InChI=1S/C27H43NO5S/c1-4-6-7-8-9-10-11-12-13-14-15-16-17-18-23(29)33-21(3)24-25(30)28-22(20-34-26(24)28)27(31)32-19-5-2/h5,20-21,24,26H,2,4,6-19H2,1,3H3/t21-,24+,26+/m1/s1. The summed E-state index contributed by atoms with van der Waals surface area (Å²) < 4.78 is 10.6. The van der Waals surface area contributed by atoms with Crippen molar-refractivity contribution in [1.82, 2.24) is 4.90 Å². The minimum atomic E-state index is -0.534. The Morgan fingerprint density at radius 1 is 1.03 bits per heavy atom. The Balaban J connectivity index is 1.50. The molecule has 0 spiro atoms. The maximum absolute atomic E-state index is 12.6. The van der Waals surface area contributed by atoms with Crippen molar-refractivity contribution in [2.45, 2.75) is 115 Å². The molecular weight excluding hydrogens is 450 g/mol. The molecule has 7 heteroatoms. The topological polar surface area (TPSA) is 72.9 Å². The van der Waals surface area contributed by atoms with Gasteiger partial charge in [0.25, 0.3) is 0 Å². The van der Waals surface area contributed by atoms with Crippen molar-refractivity contribution >= 4 is 29.6 Å². The van der Waals surface area contributed by atoms with E-state index in [0.717, 1.165) is 19.3 Å². The number of β-lactam (4-membered cyclic amide) rings is 1. The van der Waals surface area contributed by atoms with Crippen LogP contribution in [0, 0.1) is 5.92 Å². The van der Waals surface area contributed by atoms with Crippen molar-refractivity contribution in [2.75, 3.05) is 6.61 Å². The predicted octanol–water partition coefficient (Wildman–Crippen LogP) is 6.50. The van der Waals surface area contributed by atoms with Crippen LogP contribution < -0.4 is 0 Å². The summed E-state index contributed by atoms with van der Waals surface area (Å²) in [5, 5.41) is 1.44. The Labute approximate surface area is 209 Å². The summed E-state index contributed by atoms with van der Waals surface area (Å²) in [5.74, 6) is -1.41. The van der Waals surface area contributed by atoms with Gasteiger partial charge in [0.1, 0.15) is 29.7 Å². The molecule has 0 unspecified atom stereocenters. The SMILES string of the molecule is C=CCOC(=O)C1=CS[C@H]2[C@@H]([C@@H](C)OC(=O)CCCCCCCCCCCCCCC)C(=O)N12. The van der Waals surface area contributed by atoms with Crippen LogP contribution in [0.5, 0.6) is 0 Å². The van der Waals surface area contributed by atoms with E-state index in [-0.39, 0.29) is 29.6 Å². The number of rotatable bonds is 19. The van der Waals surface area contributed by atoms with Gasteiger partial charge in [-0.15, -0.1) is 11.8 Å². The molecule has 0 N–H and O–H groups in total. The Hall–Kier alpha value is -1.76. The molecule has 0 aromatic rings. The minimum absolute atomic E-state index is 0.101. The molecule has 2 heterocycles. The summed E-state index contributed by atoms with van der Waals surface area (Å²) in [6, 6.07) is 0. The number of carbonyl (C=O) groups excluding carboxylic acids is 3. The van der Waals surface area contributed by atoms with Gasteiger partial charge >= 0.3 is 11.9 Å². The molecule has 1 amide bonds. The van der Waals surface area contributed by atoms with E-state index >= 15 is 0 Å². The molecule has 34 heavy (non-hydrogen) atoms. The number of nitrogens with zero attached hydrogens (tertiary/aromatic N) is 1. The monoisotopic (exact) mass is 493 g/mol. The van der Waals surface area contributed by atoms with E-state index in [1.54, 1.807) is 12.3 Å². The smallest absolute Gasteiger partial charge is 0.355 e. The van der Waals surface area contributed by atoms with Gasteiger partial charge in [0.2, 0.25) is 5.91 Å². The quantitative estimate of drug-likeness (QED) is 0.0885. The number of fused-ring (bicyclic) bond motifs is 1. The van der Waals surface area contributed by atoms with Crippen molar-refractivity contribution in [3.63, 3.8) is 0 Å². The third-order valence-corrected chi connectivity index (χ3v) is 7.65. The lowest BCUT2D eigenvalue weighted by atomic mass is 9.92. The van der Waals surface area contributed by atoms with Crippen molar-refractivity contribution in [3.05, 3.63) is 23.8 Å². The van der Waals surface area contributed by atoms with E-state index in [0.29, 0.717) is 6.42 Å². The summed E-state index contributed by atoms with van der Waals surface area (Å²) in [4.78, 5) is 38.3. The van der Waals surface area contributed by atoms with Crippen LogP contribution >= 0.6 is 11.8 Å². The van der Waals surface area contributed by atoms with Gasteiger partial charge in [0.15, 0.2) is 0 Å². The molecule has 1 saturated heterocycles. The first-order valence-corrected chi connectivity index (χ1v) is 14.1. The van der Waals surface area contributed by atoms with Crippen molar-refractivity contribution < 1.29 is 23.9 Å². The number of carbonyl (C=O) groups is 3. The number of hydrogen-bond acceptors (Lipinski definition) is 6. The van der Waals surface area contributed by atoms with Crippen LogP contribution in [-0.2, 0) is 23.9 Å². The van der Waals surface area contributed by atoms with Gasteiger partial charge in [0.05, 0.1) is 0 Å². The molecule has 6 nitrogen and oxygen atoms in total.